The third-order valence-corrected chi connectivity index (χ3v) is 3.65. The Balaban J connectivity index is 2.26. The van der Waals surface area contributed by atoms with Crippen LogP contribution in [0.25, 0.3) is 0 Å². The van der Waals surface area contributed by atoms with Crippen molar-refractivity contribution in [3.63, 3.8) is 0 Å². The fraction of sp³-hybridized carbons (Fsp3) is 0.235. The summed E-state index contributed by atoms with van der Waals surface area (Å²) in [7, 11) is 4.02. The van der Waals surface area contributed by atoms with Gasteiger partial charge in [0.05, 0.1) is 12.0 Å². The summed E-state index contributed by atoms with van der Waals surface area (Å²) in [5.74, 6) is -0.221. The van der Waals surface area contributed by atoms with Gasteiger partial charge >= 0.3 is 0 Å². The van der Waals surface area contributed by atoms with Crippen molar-refractivity contribution in [2.45, 2.75) is 12.3 Å². The van der Waals surface area contributed by atoms with Crippen molar-refractivity contribution in [3.05, 3.63) is 64.7 Å². The second kappa shape index (κ2) is 6.45. The third-order valence-electron chi connectivity index (χ3n) is 3.30. The first-order valence-electron chi connectivity index (χ1n) is 6.52. The van der Waals surface area contributed by atoms with Crippen molar-refractivity contribution in [2.75, 3.05) is 19.0 Å². The molecule has 1 atom stereocenters. The van der Waals surface area contributed by atoms with E-state index in [1.54, 1.807) is 0 Å². The largest absolute Gasteiger partial charge is 0.378 e. The Hall–Kier alpha value is -1.98. The van der Waals surface area contributed by atoms with Crippen molar-refractivity contribution >= 4 is 17.3 Å². The second-order valence-corrected chi connectivity index (χ2v) is 5.38. The summed E-state index contributed by atoms with van der Waals surface area (Å²) in [6.07, 6.45) is 0.669. The number of nitriles is 1. The van der Waals surface area contributed by atoms with Gasteiger partial charge in [0.15, 0.2) is 0 Å². The van der Waals surface area contributed by atoms with Gasteiger partial charge in [0.1, 0.15) is 0 Å². The molecular formula is C17H17ClN2. The molecule has 0 radical (unpaired) electrons. The molecule has 2 aromatic rings. The van der Waals surface area contributed by atoms with Gasteiger partial charge in [-0.1, -0.05) is 41.9 Å². The van der Waals surface area contributed by atoms with Crippen LogP contribution >= 0.6 is 11.6 Å². The maximum absolute atomic E-state index is 9.42. The predicted molar refractivity (Wildman–Crippen MR) is 84.3 cm³/mol. The lowest BCUT2D eigenvalue weighted by molar-refractivity contribution is 0.848. The highest BCUT2D eigenvalue weighted by atomic mass is 35.5. The Bertz CT molecular complexity index is 629. The average molecular weight is 285 g/mol. The molecule has 0 fully saturated rings. The van der Waals surface area contributed by atoms with Crippen LogP contribution in [0.4, 0.5) is 5.69 Å². The lowest BCUT2D eigenvalue weighted by Gasteiger charge is -2.15. The fourth-order valence-electron chi connectivity index (χ4n) is 2.18. The molecule has 0 saturated heterocycles. The number of halogens is 1. The Kier molecular flexibility index (Phi) is 4.65. The highest BCUT2D eigenvalue weighted by molar-refractivity contribution is 6.31. The van der Waals surface area contributed by atoms with Crippen LogP contribution in [-0.2, 0) is 6.42 Å². The van der Waals surface area contributed by atoms with E-state index in [1.807, 2.05) is 50.5 Å². The Labute approximate surface area is 125 Å². The minimum Gasteiger partial charge on any atom is -0.378 e. The van der Waals surface area contributed by atoms with E-state index >= 15 is 0 Å². The van der Waals surface area contributed by atoms with E-state index in [1.165, 1.54) is 0 Å². The summed E-state index contributed by atoms with van der Waals surface area (Å²) in [6.45, 7) is 0. The highest BCUT2D eigenvalue weighted by Gasteiger charge is 2.14. The van der Waals surface area contributed by atoms with Crippen molar-refractivity contribution in [2.24, 2.45) is 0 Å². The van der Waals surface area contributed by atoms with Crippen LogP contribution < -0.4 is 4.90 Å². The van der Waals surface area contributed by atoms with Crippen molar-refractivity contribution in [1.29, 1.82) is 5.26 Å². The first kappa shape index (κ1) is 14.4. The molecule has 2 nitrogen and oxygen atoms in total. The molecule has 102 valence electrons. The zero-order valence-electron chi connectivity index (χ0n) is 11.7. The summed E-state index contributed by atoms with van der Waals surface area (Å²) in [5.41, 5.74) is 3.17. The minimum absolute atomic E-state index is 0.221. The number of rotatable bonds is 4. The van der Waals surface area contributed by atoms with Crippen LogP contribution in [0, 0.1) is 11.3 Å². The van der Waals surface area contributed by atoms with Crippen LogP contribution in [0.3, 0.4) is 0 Å². The van der Waals surface area contributed by atoms with E-state index in [0.717, 1.165) is 16.8 Å². The fourth-order valence-corrected chi connectivity index (χ4v) is 2.45. The van der Waals surface area contributed by atoms with Gasteiger partial charge in [0.25, 0.3) is 0 Å². The number of hydrogen-bond donors (Lipinski definition) is 0. The van der Waals surface area contributed by atoms with Crippen molar-refractivity contribution in [3.8, 4) is 6.07 Å². The molecule has 0 aliphatic heterocycles. The van der Waals surface area contributed by atoms with Gasteiger partial charge in [-0.3, -0.25) is 0 Å². The van der Waals surface area contributed by atoms with Gasteiger partial charge in [-0.2, -0.15) is 5.26 Å². The number of benzene rings is 2. The third kappa shape index (κ3) is 3.31. The Morgan fingerprint density at radius 3 is 2.55 bits per heavy atom. The van der Waals surface area contributed by atoms with E-state index in [0.29, 0.717) is 11.4 Å². The molecule has 0 aliphatic carbocycles. The molecule has 2 rings (SSSR count). The van der Waals surface area contributed by atoms with Crippen LogP contribution in [0.2, 0.25) is 5.02 Å². The number of anilines is 1. The summed E-state index contributed by atoms with van der Waals surface area (Å²) in [6, 6.07) is 18.1. The maximum atomic E-state index is 9.42. The van der Waals surface area contributed by atoms with Gasteiger partial charge in [-0.25, -0.2) is 0 Å². The van der Waals surface area contributed by atoms with Crippen LogP contribution in [0.15, 0.2) is 48.5 Å². The second-order valence-electron chi connectivity index (χ2n) is 4.97. The molecule has 0 heterocycles. The van der Waals surface area contributed by atoms with E-state index < -0.39 is 0 Å². The zero-order chi connectivity index (χ0) is 14.5. The lowest BCUT2D eigenvalue weighted by atomic mass is 9.93. The van der Waals surface area contributed by atoms with Crippen LogP contribution in [-0.4, -0.2) is 14.1 Å². The van der Waals surface area contributed by atoms with E-state index in [2.05, 4.69) is 23.1 Å². The Morgan fingerprint density at radius 2 is 1.90 bits per heavy atom. The van der Waals surface area contributed by atoms with Gasteiger partial charge in [0, 0.05) is 24.8 Å². The first-order valence-corrected chi connectivity index (χ1v) is 6.90. The molecule has 1 unspecified atom stereocenters. The lowest BCUT2D eigenvalue weighted by Crippen LogP contribution is -2.09. The summed E-state index contributed by atoms with van der Waals surface area (Å²) < 4.78 is 0. The minimum atomic E-state index is -0.221. The zero-order valence-corrected chi connectivity index (χ0v) is 12.4. The predicted octanol–water partition coefficient (Wildman–Crippen LogP) is 4.26. The molecule has 0 N–H and O–H groups in total. The van der Waals surface area contributed by atoms with Crippen molar-refractivity contribution < 1.29 is 0 Å². The van der Waals surface area contributed by atoms with Gasteiger partial charge in [-0.05, 0) is 35.7 Å². The van der Waals surface area contributed by atoms with Crippen molar-refractivity contribution in [1.82, 2.24) is 0 Å². The maximum Gasteiger partial charge on any atom is 0.0767 e. The van der Waals surface area contributed by atoms with Crippen LogP contribution in [0.1, 0.15) is 17.0 Å². The smallest absolute Gasteiger partial charge is 0.0767 e. The molecule has 2 aromatic carbocycles. The highest BCUT2D eigenvalue weighted by Crippen LogP contribution is 2.27. The van der Waals surface area contributed by atoms with E-state index in [4.69, 9.17) is 11.6 Å². The standard InChI is InChI=1S/C17H17ClN2/c1-20(2)15-7-5-6-13(11-15)10-14(12-19)16-8-3-4-9-17(16)18/h3-9,11,14H,10H2,1-2H3. The average Bonchev–Trinajstić information content (AvgIpc) is 2.46. The summed E-state index contributed by atoms with van der Waals surface area (Å²) >= 11 is 6.19. The van der Waals surface area contributed by atoms with Gasteiger partial charge < -0.3 is 4.90 Å². The number of nitrogens with zero attached hydrogens (tertiary/aromatic N) is 2. The molecule has 0 amide bonds. The van der Waals surface area contributed by atoms with E-state index in [9.17, 15) is 5.26 Å². The van der Waals surface area contributed by atoms with Gasteiger partial charge in [0.2, 0.25) is 0 Å². The molecule has 0 spiro atoms. The molecule has 0 saturated carbocycles. The molecule has 0 aromatic heterocycles. The van der Waals surface area contributed by atoms with Gasteiger partial charge in [-0.15, -0.1) is 0 Å². The SMILES string of the molecule is CN(C)c1cccc(CC(C#N)c2ccccc2Cl)c1. The molecule has 3 heteroatoms. The summed E-state index contributed by atoms with van der Waals surface area (Å²) in [5, 5.41) is 10.1. The first-order chi connectivity index (χ1) is 9.61. The monoisotopic (exact) mass is 284 g/mol. The molecule has 0 bridgehead atoms. The van der Waals surface area contributed by atoms with E-state index in [-0.39, 0.29) is 5.92 Å². The summed E-state index contributed by atoms with van der Waals surface area (Å²) in [4.78, 5) is 2.06. The normalized spacial score (nSPS) is 11.7. The quantitative estimate of drug-likeness (QED) is 0.839. The van der Waals surface area contributed by atoms with Crippen LogP contribution in [0.5, 0.6) is 0 Å². The Morgan fingerprint density at radius 1 is 1.15 bits per heavy atom. The topological polar surface area (TPSA) is 27.0 Å². The molecular weight excluding hydrogens is 268 g/mol. The molecule has 0 aliphatic rings. The number of hydrogen-bond acceptors (Lipinski definition) is 2. The molecule has 20 heavy (non-hydrogen) atoms.